The molecule has 13 heteroatoms. The first kappa shape index (κ1) is 42.9. The Morgan fingerprint density at radius 1 is 1.04 bits per heavy atom. The highest BCUT2D eigenvalue weighted by molar-refractivity contribution is 6.05. The third-order valence-corrected chi connectivity index (χ3v) is 9.51. The standard InChI is InChI=1S/C17H24N2O2.C15H13F2N3O.C5H10O.C2H6.CH2O2/c1-5-8-14-11-15(16(20)18-12-14)19-9-10-21-17(6-2,7-3)13(19)4;16-13(17)14-18-11-9-5-1-2-6-10(9)21-12(11)15(19-14)20-7-3-4-8-20;1-2-4-6-5-3-1;1-2;2-1-3/h11-13H,6-7,9-10H2,1-4H3,(H,18,20);1-2,5-6,13H,3-4,7-8H2;1-5H2;1-2H3;1H,(H,2,3). The molecule has 3 aliphatic rings. The number of nitrogens with zero attached hydrogens (tertiary/aromatic N) is 4. The van der Waals surface area contributed by atoms with E-state index in [0.717, 1.165) is 69.5 Å². The highest BCUT2D eigenvalue weighted by Gasteiger charge is 2.41. The number of aromatic amines is 1. The Balaban J connectivity index is 0.000000223. The van der Waals surface area contributed by atoms with Crippen LogP contribution < -0.4 is 15.4 Å². The number of para-hydroxylation sites is 1. The minimum Gasteiger partial charge on any atom is -0.483 e. The van der Waals surface area contributed by atoms with Gasteiger partial charge in [0.15, 0.2) is 17.2 Å². The monoisotopic (exact) mass is 739 g/mol. The van der Waals surface area contributed by atoms with Crippen molar-refractivity contribution in [3.63, 3.8) is 0 Å². The third-order valence-electron chi connectivity index (χ3n) is 9.51. The van der Waals surface area contributed by atoms with E-state index in [1.807, 2.05) is 49.1 Å². The van der Waals surface area contributed by atoms with Gasteiger partial charge in [0.05, 0.1) is 18.2 Å². The quantitative estimate of drug-likeness (QED) is 0.152. The normalized spacial score (nSPS) is 17.5. The molecule has 3 saturated heterocycles. The Bertz CT molecular complexity index is 1810. The number of anilines is 2. The summed E-state index contributed by atoms with van der Waals surface area (Å²) in [6.07, 6.45) is 6.86. The number of pyridine rings is 1. The maximum Gasteiger partial charge on any atom is 0.297 e. The number of rotatable bonds is 5. The number of carbonyl (C=O) groups is 1. The van der Waals surface area contributed by atoms with Crippen LogP contribution in [0.2, 0.25) is 0 Å². The summed E-state index contributed by atoms with van der Waals surface area (Å²) in [4.78, 5) is 35.6. The molecule has 7 rings (SSSR count). The fourth-order valence-corrected chi connectivity index (χ4v) is 6.74. The molecule has 290 valence electrons. The number of furan rings is 1. The van der Waals surface area contributed by atoms with Crippen molar-refractivity contribution in [1.29, 1.82) is 0 Å². The number of hydrogen-bond donors (Lipinski definition) is 2. The van der Waals surface area contributed by atoms with Gasteiger partial charge in [-0.05, 0) is 77.0 Å². The van der Waals surface area contributed by atoms with Crippen molar-refractivity contribution in [3.05, 3.63) is 58.3 Å². The van der Waals surface area contributed by atoms with Crippen LogP contribution in [-0.2, 0) is 14.3 Å². The summed E-state index contributed by atoms with van der Waals surface area (Å²) in [6, 6.07) is 9.38. The van der Waals surface area contributed by atoms with Crippen molar-refractivity contribution in [2.45, 2.75) is 105 Å². The van der Waals surface area contributed by atoms with E-state index in [1.165, 1.54) is 19.3 Å². The Hall–Kier alpha value is -4.54. The molecule has 0 saturated carbocycles. The van der Waals surface area contributed by atoms with Gasteiger partial charge in [0.1, 0.15) is 16.8 Å². The molecule has 53 heavy (non-hydrogen) atoms. The fourth-order valence-electron chi connectivity index (χ4n) is 6.74. The summed E-state index contributed by atoms with van der Waals surface area (Å²) in [5.74, 6) is 5.92. The van der Waals surface area contributed by atoms with E-state index < -0.39 is 12.2 Å². The van der Waals surface area contributed by atoms with Gasteiger partial charge in [0.25, 0.3) is 18.5 Å². The average Bonchev–Trinajstić information content (AvgIpc) is 3.87. The lowest BCUT2D eigenvalue weighted by molar-refractivity contribution is -0.122. The zero-order valence-corrected chi connectivity index (χ0v) is 31.9. The number of halogens is 2. The topological polar surface area (TPSA) is 134 Å². The van der Waals surface area contributed by atoms with Crippen LogP contribution in [0.15, 0.2) is 45.7 Å². The zero-order valence-electron chi connectivity index (χ0n) is 31.9. The van der Waals surface area contributed by atoms with Gasteiger partial charge in [0, 0.05) is 50.0 Å². The second-order valence-electron chi connectivity index (χ2n) is 12.4. The van der Waals surface area contributed by atoms with Crippen molar-refractivity contribution < 1.29 is 32.6 Å². The van der Waals surface area contributed by atoms with Crippen molar-refractivity contribution in [2.24, 2.45) is 0 Å². The molecule has 2 N–H and O–H groups in total. The highest BCUT2D eigenvalue weighted by Crippen LogP contribution is 2.36. The summed E-state index contributed by atoms with van der Waals surface area (Å²) >= 11 is 0. The van der Waals surface area contributed by atoms with Crippen molar-refractivity contribution in [2.75, 3.05) is 49.3 Å². The maximum absolute atomic E-state index is 13.1. The largest absolute Gasteiger partial charge is 0.483 e. The third kappa shape index (κ3) is 11.0. The minimum absolute atomic E-state index is 0.0634. The molecule has 6 heterocycles. The molecule has 0 radical (unpaired) electrons. The number of fused-ring (bicyclic) bond motifs is 3. The van der Waals surface area contributed by atoms with E-state index in [0.29, 0.717) is 34.8 Å². The number of ether oxygens (including phenoxy) is 2. The summed E-state index contributed by atoms with van der Waals surface area (Å²) < 4.78 is 43.1. The second kappa shape index (κ2) is 21.9. The van der Waals surface area contributed by atoms with Crippen molar-refractivity contribution in [3.8, 4) is 11.8 Å². The van der Waals surface area contributed by atoms with Crippen molar-refractivity contribution in [1.82, 2.24) is 15.0 Å². The molecule has 11 nitrogen and oxygen atoms in total. The summed E-state index contributed by atoms with van der Waals surface area (Å²) in [6.45, 7) is 17.0. The van der Waals surface area contributed by atoms with Gasteiger partial charge < -0.3 is 33.8 Å². The summed E-state index contributed by atoms with van der Waals surface area (Å²) in [7, 11) is 0. The number of H-pyrrole nitrogens is 1. The Labute approximate surface area is 311 Å². The van der Waals surface area contributed by atoms with E-state index in [1.54, 1.807) is 13.1 Å². The number of nitrogens with one attached hydrogen (secondary N) is 1. The average molecular weight is 740 g/mol. The number of morpholine rings is 1. The SMILES string of the molecule is C1CCOCC1.CC.CC#Cc1c[nH]c(=O)c(N2CCOC(CC)(CC)C2C)c1.FC(F)c1nc(N2CCCC2)c2oc3ccccc3c2n1.O=CO. The van der Waals surface area contributed by atoms with Gasteiger partial charge in [0.2, 0.25) is 0 Å². The van der Waals surface area contributed by atoms with Crippen LogP contribution in [0.4, 0.5) is 20.3 Å². The molecule has 3 fully saturated rings. The molecule has 1 unspecified atom stereocenters. The molecule has 3 aliphatic heterocycles. The lowest BCUT2D eigenvalue weighted by atomic mass is 9.86. The molecular weight excluding hydrogens is 684 g/mol. The van der Waals surface area contributed by atoms with E-state index in [2.05, 4.69) is 52.5 Å². The van der Waals surface area contributed by atoms with Crippen LogP contribution in [0.3, 0.4) is 0 Å². The molecule has 0 bridgehead atoms. The number of aromatic nitrogens is 3. The number of benzene rings is 1. The lowest BCUT2D eigenvalue weighted by Gasteiger charge is -2.48. The van der Waals surface area contributed by atoms with Crippen LogP contribution in [0.5, 0.6) is 0 Å². The van der Waals surface area contributed by atoms with Gasteiger partial charge in [-0.25, -0.2) is 18.7 Å². The molecule has 0 amide bonds. The van der Waals surface area contributed by atoms with Gasteiger partial charge in [-0.15, -0.1) is 5.92 Å². The van der Waals surface area contributed by atoms with Crippen LogP contribution in [-0.4, -0.2) is 77.6 Å². The predicted molar refractivity (Wildman–Crippen MR) is 206 cm³/mol. The molecule has 1 atom stereocenters. The lowest BCUT2D eigenvalue weighted by Crippen LogP contribution is -2.59. The minimum atomic E-state index is -2.69. The Kier molecular flexibility index (Phi) is 17.7. The molecular formula is C40H55F2N5O6. The first-order valence-corrected chi connectivity index (χ1v) is 18.7. The maximum atomic E-state index is 13.1. The fraction of sp³-hybridized carbons (Fsp3) is 0.550. The van der Waals surface area contributed by atoms with E-state index in [-0.39, 0.29) is 23.7 Å². The predicted octanol–water partition coefficient (Wildman–Crippen LogP) is 8.36. The number of hydrogen-bond acceptors (Lipinski definition) is 9. The van der Waals surface area contributed by atoms with Gasteiger partial charge in [-0.3, -0.25) is 9.59 Å². The number of alkyl halides is 2. The first-order chi connectivity index (χ1) is 25.7. The molecule has 0 spiro atoms. The van der Waals surface area contributed by atoms with Gasteiger partial charge >= 0.3 is 0 Å². The summed E-state index contributed by atoms with van der Waals surface area (Å²) in [5, 5.41) is 7.64. The Morgan fingerprint density at radius 2 is 1.70 bits per heavy atom. The molecule has 4 aromatic rings. The van der Waals surface area contributed by atoms with E-state index >= 15 is 0 Å². The highest BCUT2D eigenvalue weighted by atomic mass is 19.3. The smallest absolute Gasteiger partial charge is 0.297 e. The van der Waals surface area contributed by atoms with Gasteiger partial charge in [-0.1, -0.05) is 45.7 Å². The summed E-state index contributed by atoms with van der Waals surface area (Å²) in [5.41, 5.74) is 2.90. The van der Waals surface area contributed by atoms with E-state index in [9.17, 15) is 13.6 Å². The van der Waals surface area contributed by atoms with E-state index in [4.69, 9.17) is 23.8 Å². The van der Waals surface area contributed by atoms with Gasteiger partial charge in [-0.2, -0.15) is 0 Å². The van der Waals surface area contributed by atoms with Crippen LogP contribution in [0.25, 0.3) is 22.1 Å². The van der Waals surface area contributed by atoms with Crippen molar-refractivity contribution >= 4 is 40.0 Å². The molecule has 1 aromatic carbocycles. The van der Waals surface area contributed by atoms with Crippen LogP contribution in [0.1, 0.15) is 104 Å². The Morgan fingerprint density at radius 3 is 2.26 bits per heavy atom. The van der Waals surface area contributed by atoms with Crippen LogP contribution >= 0.6 is 0 Å². The molecule has 3 aromatic heterocycles. The number of carboxylic acid groups (broad SMARTS) is 1. The van der Waals surface area contributed by atoms with Crippen LogP contribution in [0, 0.1) is 11.8 Å². The second-order valence-corrected chi connectivity index (χ2v) is 12.4. The first-order valence-electron chi connectivity index (χ1n) is 18.7. The molecule has 0 aliphatic carbocycles. The zero-order chi connectivity index (χ0) is 38.8.